The van der Waals surface area contributed by atoms with Gasteiger partial charge in [-0.15, -0.1) is 0 Å². The standard InChI is InChI=1S/C18H25N3O2/c1-4-19-18(20-9-10-22-2)21-13-14-5-6-16-12-17(23-3)8-7-15(16)11-14/h5-8,11-12H,4,9-10,13H2,1-3H3,(H2,19,20,21). The Labute approximate surface area is 137 Å². The first-order valence-electron chi connectivity index (χ1n) is 7.84. The number of fused-ring (bicyclic) bond motifs is 1. The quantitative estimate of drug-likeness (QED) is 0.468. The minimum atomic E-state index is 0.629. The van der Waals surface area contributed by atoms with E-state index in [1.54, 1.807) is 14.2 Å². The lowest BCUT2D eigenvalue weighted by molar-refractivity contribution is 0.203. The average molecular weight is 315 g/mol. The Morgan fingerprint density at radius 1 is 1.04 bits per heavy atom. The lowest BCUT2D eigenvalue weighted by Crippen LogP contribution is -2.38. The van der Waals surface area contributed by atoms with Crippen molar-refractivity contribution in [1.82, 2.24) is 10.6 Å². The summed E-state index contributed by atoms with van der Waals surface area (Å²) in [7, 11) is 3.37. The molecule has 2 aromatic rings. The van der Waals surface area contributed by atoms with Crippen molar-refractivity contribution >= 4 is 16.7 Å². The number of ether oxygens (including phenoxy) is 2. The molecule has 0 heterocycles. The molecule has 0 aliphatic rings. The maximum atomic E-state index is 5.26. The molecule has 124 valence electrons. The van der Waals surface area contributed by atoms with Crippen LogP contribution >= 0.6 is 0 Å². The fourth-order valence-corrected chi connectivity index (χ4v) is 2.28. The Hall–Kier alpha value is -2.27. The third kappa shape index (κ3) is 5.14. The number of benzene rings is 2. The van der Waals surface area contributed by atoms with Gasteiger partial charge in [0.25, 0.3) is 0 Å². The van der Waals surface area contributed by atoms with Gasteiger partial charge in [0.2, 0.25) is 0 Å². The van der Waals surface area contributed by atoms with Crippen LogP contribution in [0, 0.1) is 0 Å². The van der Waals surface area contributed by atoms with Crippen molar-refractivity contribution in [3.05, 3.63) is 42.0 Å². The van der Waals surface area contributed by atoms with Crippen molar-refractivity contribution in [2.75, 3.05) is 33.9 Å². The monoisotopic (exact) mass is 315 g/mol. The van der Waals surface area contributed by atoms with Gasteiger partial charge in [-0.3, -0.25) is 0 Å². The Kier molecular flexibility index (Phi) is 6.69. The summed E-state index contributed by atoms with van der Waals surface area (Å²) in [6.45, 7) is 4.90. The zero-order valence-corrected chi connectivity index (χ0v) is 14.1. The van der Waals surface area contributed by atoms with E-state index >= 15 is 0 Å². The van der Waals surface area contributed by atoms with Crippen LogP contribution in [0.5, 0.6) is 5.75 Å². The summed E-state index contributed by atoms with van der Waals surface area (Å²) in [5.41, 5.74) is 1.17. The maximum absolute atomic E-state index is 5.26. The van der Waals surface area contributed by atoms with Gasteiger partial charge in [-0.05, 0) is 41.5 Å². The van der Waals surface area contributed by atoms with Crippen LogP contribution in [0.15, 0.2) is 41.4 Å². The minimum absolute atomic E-state index is 0.629. The number of aliphatic imine (C=N–C) groups is 1. The number of guanidine groups is 1. The maximum Gasteiger partial charge on any atom is 0.191 e. The van der Waals surface area contributed by atoms with E-state index in [9.17, 15) is 0 Å². The molecule has 2 aromatic carbocycles. The number of nitrogens with one attached hydrogen (secondary N) is 2. The molecule has 2 rings (SSSR count). The fraction of sp³-hybridized carbons (Fsp3) is 0.389. The largest absolute Gasteiger partial charge is 0.497 e. The first-order chi connectivity index (χ1) is 11.3. The van der Waals surface area contributed by atoms with Gasteiger partial charge in [-0.25, -0.2) is 4.99 Å². The second-order valence-corrected chi connectivity index (χ2v) is 5.16. The van der Waals surface area contributed by atoms with Crippen molar-refractivity contribution < 1.29 is 9.47 Å². The van der Waals surface area contributed by atoms with E-state index in [0.29, 0.717) is 13.2 Å². The smallest absolute Gasteiger partial charge is 0.191 e. The molecule has 0 aliphatic carbocycles. The molecular formula is C18H25N3O2. The SMILES string of the molecule is CCNC(=NCc1ccc2cc(OC)ccc2c1)NCCOC. The van der Waals surface area contributed by atoms with Gasteiger partial charge >= 0.3 is 0 Å². The third-order valence-corrected chi connectivity index (χ3v) is 3.47. The molecule has 0 fully saturated rings. The number of hydrogen-bond acceptors (Lipinski definition) is 3. The van der Waals surface area contributed by atoms with Gasteiger partial charge in [-0.1, -0.05) is 18.2 Å². The molecule has 0 atom stereocenters. The zero-order chi connectivity index (χ0) is 16.5. The molecule has 0 amide bonds. The van der Waals surface area contributed by atoms with E-state index in [1.165, 1.54) is 16.3 Å². The van der Waals surface area contributed by atoms with Crippen molar-refractivity contribution in [1.29, 1.82) is 0 Å². The van der Waals surface area contributed by atoms with Crippen LogP contribution in [0.1, 0.15) is 12.5 Å². The summed E-state index contributed by atoms with van der Waals surface area (Å²) in [6.07, 6.45) is 0. The van der Waals surface area contributed by atoms with E-state index < -0.39 is 0 Å². The van der Waals surface area contributed by atoms with Gasteiger partial charge in [0.05, 0.1) is 20.3 Å². The zero-order valence-electron chi connectivity index (χ0n) is 14.1. The number of nitrogens with zero attached hydrogens (tertiary/aromatic N) is 1. The van der Waals surface area contributed by atoms with E-state index in [4.69, 9.17) is 9.47 Å². The van der Waals surface area contributed by atoms with Gasteiger partial charge in [0, 0.05) is 20.2 Å². The molecule has 0 aromatic heterocycles. The fourth-order valence-electron chi connectivity index (χ4n) is 2.28. The molecule has 0 unspecified atom stereocenters. The van der Waals surface area contributed by atoms with Crippen LogP contribution in [0.2, 0.25) is 0 Å². The number of rotatable bonds is 7. The molecule has 2 N–H and O–H groups in total. The van der Waals surface area contributed by atoms with Crippen LogP contribution < -0.4 is 15.4 Å². The van der Waals surface area contributed by atoms with Crippen LogP contribution in [0.4, 0.5) is 0 Å². The molecule has 23 heavy (non-hydrogen) atoms. The summed E-state index contributed by atoms with van der Waals surface area (Å²) in [6, 6.07) is 12.5. The summed E-state index contributed by atoms with van der Waals surface area (Å²) in [5.74, 6) is 1.68. The van der Waals surface area contributed by atoms with Crippen LogP contribution in [-0.2, 0) is 11.3 Å². The van der Waals surface area contributed by atoms with Gasteiger partial charge < -0.3 is 20.1 Å². The van der Waals surface area contributed by atoms with Gasteiger partial charge in [0.1, 0.15) is 5.75 Å². The minimum Gasteiger partial charge on any atom is -0.497 e. The molecule has 0 saturated heterocycles. The second-order valence-electron chi connectivity index (χ2n) is 5.16. The van der Waals surface area contributed by atoms with E-state index in [0.717, 1.165) is 24.8 Å². The number of methoxy groups -OCH3 is 2. The highest BCUT2D eigenvalue weighted by atomic mass is 16.5. The summed E-state index contributed by atoms with van der Waals surface area (Å²) >= 11 is 0. The molecule has 0 bridgehead atoms. The van der Waals surface area contributed by atoms with E-state index in [-0.39, 0.29) is 0 Å². The predicted molar refractivity (Wildman–Crippen MR) is 95.2 cm³/mol. The molecule has 0 aliphatic heterocycles. The van der Waals surface area contributed by atoms with Crippen molar-refractivity contribution in [2.45, 2.75) is 13.5 Å². The highest BCUT2D eigenvalue weighted by Gasteiger charge is 2.00. The second kappa shape index (κ2) is 9.00. The van der Waals surface area contributed by atoms with E-state index in [2.05, 4.69) is 46.8 Å². The van der Waals surface area contributed by atoms with Crippen molar-refractivity contribution in [3.8, 4) is 5.75 Å². The lowest BCUT2D eigenvalue weighted by Gasteiger charge is -2.11. The molecule has 0 spiro atoms. The van der Waals surface area contributed by atoms with Crippen LogP contribution in [-0.4, -0.2) is 39.9 Å². The van der Waals surface area contributed by atoms with Crippen LogP contribution in [0.25, 0.3) is 10.8 Å². The van der Waals surface area contributed by atoms with Crippen molar-refractivity contribution in [2.24, 2.45) is 4.99 Å². The highest BCUT2D eigenvalue weighted by Crippen LogP contribution is 2.22. The molecule has 0 radical (unpaired) electrons. The van der Waals surface area contributed by atoms with Gasteiger partial charge in [-0.2, -0.15) is 0 Å². The third-order valence-electron chi connectivity index (χ3n) is 3.47. The lowest BCUT2D eigenvalue weighted by atomic mass is 10.1. The first-order valence-corrected chi connectivity index (χ1v) is 7.84. The summed E-state index contributed by atoms with van der Waals surface area (Å²) in [4.78, 5) is 4.61. The average Bonchev–Trinajstić information content (AvgIpc) is 2.59. The molecule has 0 saturated carbocycles. The topological polar surface area (TPSA) is 54.9 Å². The van der Waals surface area contributed by atoms with Crippen molar-refractivity contribution in [3.63, 3.8) is 0 Å². The summed E-state index contributed by atoms with van der Waals surface area (Å²) < 4.78 is 10.3. The Morgan fingerprint density at radius 3 is 2.57 bits per heavy atom. The Bertz CT molecular complexity index is 656. The van der Waals surface area contributed by atoms with E-state index in [1.807, 2.05) is 12.1 Å². The Morgan fingerprint density at radius 2 is 1.83 bits per heavy atom. The first kappa shape index (κ1) is 17.1. The molecule has 5 heteroatoms. The predicted octanol–water partition coefficient (Wildman–Crippen LogP) is 2.55. The van der Waals surface area contributed by atoms with Crippen LogP contribution in [0.3, 0.4) is 0 Å². The normalized spacial score (nSPS) is 11.5. The Balaban J connectivity index is 2.08. The number of hydrogen-bond donors (Lipinski definition) is 2. The highest BCUT2D eigenvalue weighted by molar-refractivity contribution is 5.84. The van der Waals surface area contributed by atoms with Gasteiger partial charge in [0.15, 0.2) is 5.96 Å². The summed E-state index contributed by atoms with van der Waals surface area (Å²) in [5, 5.41) is 8.83. The molecule has 5 nitrogen and oxygen atoms in total. The molecular weight excluding hydrogens is 290 g/mol.